The van der Waals surface area contributed by atoms with E-state index in [0.29, 0.717) is 49.9 Å². The number of ether oxygens (including phenoxy) is 1. The molecule has 0 unspecified atom stereocenters. The summed E-state index contributed by atoms with van der Waals surface area (Å²) in [5.41, 5.74) is 0.592. The van der Waals surface area contributed by atoms with Crippen molar-refractivity contribution >= 4 is 11.8 Å². The molecule has 0 aliphatic carbocycles. The summed E-state index contributed by atoms with van der Waals surface area (Å²) >= 11 is 0. The topological polar surface area (TPSA) is 80.6 Å². The van der Waals surface area contributed by atoms with Gasteiger partial charge in [-0.05, 0) is 58.1 Å². The zero-order valence-corrected chi connectivity index (χ0v) is 22.7. The van der Waals surface area contributed by atoms with E-state index in [2.05, 4.69) is 23.9 Å². The number of rotatable bonds is 6. The SMILES string of the molecule is CCN1CCCCCCN(C(=O)CCn2nc(C)nc2C)[C@@H](CC(C)C)COc2ccccc2C1=O. The van der Waals surface area contributed by atoms with Crippen molar-refractivity contribution in [1.82, 2.24) is 24.6 Å². The van der Waals surface area contributed by atoms with E-state index < -0.39 is 0 Å². The molecule has 0 radical (unpaired) electrons. The smallest absolute Gasteiger partial charge is 0.257 e. The largest absolute Gasteiger partial charge is 0.491 e. The number of aromatic nitrogens is 3. The number of aryl methyl sites for hydroxylation is 3. The Morgan fingerprint density at radius 3 is 2.50 bits per heavy atom. The van der Waals surface area contributed by atoms with Crippen molar-refractivity contribution in [2.24, 2.45) is 5.92 Å². The molecule has 1 aliphatic rings. The van der Waals surface area contributed by atoms with Gasteiger partial charge in [0.1, 0.15) is 24.0 Å². The lowest BCUT2D eigenvalue weighted by molar-refractivity contribution is -0.135. The van der Waals surface area contributed by atoms with Crippen LogP contribution in [0.2, 0.25) is 0 Å². The molecular weight excluding hydrogens is 454 g/mol. The summed E-state index contributed by atoms with van der Waals surface area (Å²) in [6.45, 7) is 13.2. The van der Waals surface area contributed by atoms with Gasteiger partial charge in [-0.15, -0.1) is 0 Å². The predicted molar refractivity (Wildman–Crippen MR) is 141 cm³/mol. The van der Waals surface area contributed by atoms with Crippen LogP contribution in [0, 0.1) is 19.8 Å². The maximum absolute atomic E-state index is 13.5. The third-order valence-corrected chi connectivity index (χ3v) is 6.80. The third-order valence-electron chi connectivity index (χ3n) is 6.80. The van der Waals surface area contributed by atoms with E-state index in [9.17, 15) is 9.59 Å². The number of carbonyl (C=O) groups is 2. The van der Waals surface area contributed by atoms with Crippen LogP contribution in [0.15, 0.2) is 24.3 Å². The lowest BCUT2D eigenvalue weighted by Crippen LogP contribution is -2.45. The summed E-state index contributed by atoms with van der Waals surface area (Å²) in [6, 6.07) is 7.42. The molecule has 1 aliphatic heterocycles. The quantitative estimate of drug-likeness (QED) is 0.581. The first kappa shape index (κ1) is 27.7. The first-order valence-corrected chi connectivity index (χ1v) is 13.5. The van der Waals surface area contributed by atoms with Crippen LogP contribution in [-0.2, 0) is 11.3 Å². The zero-order valence-electron chi connectivity index (χ0n) is 22.7. The van der Waals surface area contributed by atoms with Crippen LogP contribution in [-0.4, -0.2) is 68.7 Å². The second-order valence-electron chi connectivity index (χ2n) is 10.2. The molecule has 0 bridgehead atoms. The summed E-state index contributed by atoms with van der Waals surface area (Å²) in [7, 11) is 0. The second-order valence-corrected chi connectivity index (χ2v) is 10.2. The van der Waals surface area contributed by atoms with Crippen LogP contribution in [0.3, 0.4) is 0 Å². The minimum Gasteiger partial charge on any atom is -0.491 e. The van der Waals surface area contributed by atoms with E-state index in [0.717, 1.165) is 50.3 Å². The van der Waals surface area contributed by atoms with E-state index in [1.165, 1.54) is 0 Å². The van der Waals surface area contributed by atoms with Crippen LogP contribution in [0.1, 0.15) is 81.3 Å². The zero-order chi connectivity index (χ0) is 26.1. The Labute approximate surface area is 216 Å². The summed E-state index contributed by atoms with van der Waals surface area (Å²) in [4.78, 5) is 35.1. The summed E-state index contributed by atoms with van der Waals surface area (Å²) < 4.78 is 8.12. The van der Waals surface area contributed by atoms with Crippen LogP contribution in [0.4, 0.5) is 0 Å². The minimum atomic E-state index is -0.0653. The van der Waals surface area contributed by atoms with Gasteiger partial charge in [-0.25, -0.2) is 9.67 Å². The van der Waals surface area contributed by atoms with Crippen molar-refractivity contribution in [3.63, 3.8) is 0 Å². The van der Waals surface area contributed by atoms with Crippen molar-refractivity contribution in [3.05, 3.63) is 41.5 Å². The van der Waals surface area contributed by atoms with Gasteiger partial charge in [-0.2, -0.15) is 5.10 Å². The Morgan fingerprint density at radius 1 is 1.11 bits per heavy atom. The second kappa shape index (κ2) is 13.4. The van der Waals surface area contributed by atoms with E-state index >= 15 is 0 Å². The molecule has 2 aromatic rings. The van der Waals surface area contributed by atoms with Crippen molar-refractivity contribution in [2.45, 2.75) is 85.7 Å². The van der Waals surface area contributed by atoms with Crippen molar-refractivity contribution in [3.8, 4) is 5.75 Å². The van der Waals surface area contributed by atoms with Crippen molar-refractivity contribution < 1.29 is 14.3 Å². The summed E-state index contributed by atoms with van der Waals surface area (Å²) in [5, 5.41) is 4.42. The van der Waals surface area contributed by atoms with Crippen molar-refractivity contribution in [2.75, 3.05) is 26.2 Å². The van der Waals surface area contributed by atoms with Gasteiger partial charge in [0.25, 0.3) is 5.91 Å². The molecule has 0 saturated heterocycles. The number of fused-ring (bicyclic) bond motifs is 1. The molecule has 1 aromatic carbocycles. The first-order valence-electron chi connectivity index (χ1n) is 13.5. The number of nitrogens with zero attached hydrogens (tertiary/aromatic N) is 5. The van der Waals surface area contributed by atoms with Crippen LogP contribution >= 0.6 is 0 Å². The Kier molecular flexibility index (Phi) is 10.3. The van der Waals surface area contributed by atoms with Gasteiger partial charge in [-0.1, -0.05) is 38.8 Å². The first-order chi connectivity index (χ1) is 17.3. The van der Waals surface area contributed by atoms with Crippen LogP contribution in [0.25, 0.3) is 0 Å². The average molecular weight is 498 g/mol. The maximum atomic E-state index is 13.5. The molecule has 0 N–H and O–H groups in total. The molecule has 1 aromatic heterocycles. The molecule has 3 rings (SSSR count). The van der Waals surface area contributed by atoms with Crippen molar-refractivity contribution in [1.29, 1.82) is 0 Å². The van der Waals surface area contributed by atoms with E-state index in [1.807, 2.05) is 59.5 Å². The monoisotopic (exact) mass is 497 g/mol. The molecule has 198 valence electrons. The Morgan fingerprint density at radius 2 is 1.83 bits per heavy atom. The minimum absolute atomic E-state index is 0.0111. The van der Waals surface area contributed by atoms with Crippen LogP contribution in [0.5, 0.6) is 5.75 Å². The van der Waals surface area contributed by atoms with E-state index in [1.54, 1.807) is 0 Å². The molecule has 0 saturated carbocycles. The average Bonchev–Trinajstić information content (AvgIpc) is 3.18. The summed E-state index contributed by atoms with van der Waals surface area (Å²) in [5.74, 6) is 2.67. The highest BCUT2D eigenvalue weighted by Crippen LogP contribution is 2.23. The van der Waals surface area contributed by atoms with Gasteiger partial charge in [0.05, 0.1) is 18.2 Å². The Hall–Kier alpha value is -2.90. The molecule has 8 heteroatoms. The number of para-hydroxylation sites is 1. The van der Waals surface area contributed by atoms with Crippen LogP contribution < -0.4 is 4.74 Å². The van der Waals surface area contributed by atoms with E-state index in [4.69, 9.17) is 4.74 Å². The van der Waals surface area contributed by atoms with E-state index in [-0.39, 0.29) is 17.9 Å². The van der Waals surface area contributed by atoms with Gasteiger partial charge in [-0.3, -0.25) is 9.59 Å². The maximum Gasteiger partial charge on any atom is 0.257 e. The molecule has 0 fully saturated rings. The van der Waals surface area contributed by atoms with Gasteiger partial charge >= 0.3 is 0 Å². The predicted octanol–water partition coefficient (Wildman–Crippen LogP) is 4.64. The third kappa shape index (κ3) is 7.55. The fourth-order valence-electron chi connectivity index (χ4n) is 4.93. The molecule has 1 atom stereocenters. The van der Waals surface area contributed by atoms with Gasteiger partial charge < -0.3 is 14.5 Å². The van der Waals surface area contributed by atoms with Gasteiger partial charge in [0.15, 0.2) is 0 Å². The van der Waals surface area contributed by atoms with Gasteiger partial charge in [0.2, 0.25) is 5.91 Å². The lowest BCUT2D eigenvalue weighted by Gasteiger charge is -2.34. The Balaban J connectivity index is 1.83. The highest BCUT2D eigenvalue weighted by Gasteiger charge is 2.27. The molecule has 2 amide bonds. The summed E-state index contributed by atoms with van der Waals surface area (Å²) in [6.07, 6.45) is 5.18. The highest BCUT2D eigenvalue weighted by atomic mass is 16.5. The fourth-order valence-corrected chi connectivity index (χ4v) is 4.93. The number of amides is 2. The normalized spacial score (nSPS) is 18.1. The number of hydrogen-bond acceptors (Lipinski definition) is 5. The molecule has 8 nitrogen and oxygen atoms in total. The number of benzene rings is 1. The standard InChI is InChI=1S/C28H43N5O3/c1-6-31-16-11-7-8-12-17-32(27(34)15-18-33-23(5)29-22(4)30-33)24(19-21(2)3)20-36-26-14-10-9-13-25(26)28(31)35/h9-10,13-14,21,24H,6-8,11-12,15-20H2,1-5H3/t24-/m0/s1. The molecule has 2 heterocycles. The number of carbonyl (C=O) groups excluding carboxylic acids is 2. The lowest BCUT2D eigenvalue weighted by atomic mass is 10.0. The van der Waals surface area contributed by atoms with Gasteiger partial charge in [0, 0.05) is 26.1 Å². The fraction of sp³-hybridized carbons (Fsp3) is 0.643. The Bertz CT molecular complexity index is 1000. The highest BCUT2D eigenvalue weighted by molar-refractivity contribution is 5.96. The number of hydrogen-bond donors (Lipinski definition) is 0. The molecular formula is C28H43N5O3. The molecule has 0 spiro atoms. The molecule has 36 heavy (non-hydrogen) atoms.